The monoisotopic (exact) mass is 437 g/mol. The van der Waals surface area contributed by atoms with Crippen LogP contribution in [-0.2, 0) is 15.7 Å². The van der Waals surface area contributed by atoms with Crippen LogP contribution in [0.25, 0.3) is 0 Å². The van der Waals surface area contributed by atoms with Gasteiger partial charge in [-0.3, -0.25) is 5.41 Å². The highest BCUT2D eigenvalue weighted by atomic mass is 19.4. The molecule has 0 heterocycles. The molecule has 9 heteroatoms. The van der Waals surface area contributed by atoms with Crippen molar-refractivity contribution in [2.24, 2.45) is 16.6 Å². The molecule has 1 aliphatic carbocycles. The number of amidine groups is 2. The van der Waals surface area contributed by atoms with Crippen LogP contribution in [0.4, 0.5) is 13.2 Å². The molecule has 31 heavy (non-hydrogen) atoms. The molecule has 0 aromatic heterocycles. The molecule has 0 saturated carbocycles. The summed E-state index contributed by atoms with van der Waals surface area (Å²) in [5.74, 6) is -0.209. The van der Waals surface area contributed by atoms with Crippen LogP contribution >= 0.6 is 0 Å². The standard InChI is InChI=1S/C22H26F3N3O3/c1-21(2,20(29)30)31-17-12-6-14(7-13-17)4-3-5-18(26)28-19(27)15-8-10-16(11-9-15)22(23,24)25/h6,8-14H,3-5,7H2,1-2H3,(H,29,30)(H3,26,27,28). The number of rotatable bonds is 8. The van der Waals surface area contributed by atoms with E-state index in [-0.39, 0.29) is 23.2 Å². The number of ether oxygens (including phenoxy) is 1. The van der Waals surface area contributed by atoms with Gasteiger partial charge in [0.15, 0.2) is 11.4 Å². The van der Waals surface area contributed by atoms with E-state index in [9.17, 15) is 18.0 Å². The first-order valence-electron chi connectivity index (χ1n) is 9.78. The van der Waals surface area contributed by atoms with E-state index in [2.05, 4.69) is 4.99 Å². The lowest BCUT2D eigenvalue weighted by Crippen LogP contribution is -2.34. The summed E-state index contributed by atoms with van der Waals surface area (Å²) in [5, 5.41) is 17.0. The second-order valence-electron chi connectivity index (χ2n) is 7.80. The lowest BCUT2D eigenvalue weighted by molar-refractivity contribution is -0.156. The normalized spacial score (nSPS) is 17.3. The van der Waals surface area contributed by atoms with Crippen LogP contribution in [-0.4, -0.2) is 28.3 Å². The van der Waals surface area contributed by atoms with Gasteiger partial charge in [-0.1, -0.05) is 18.2 Å². The minimum Gasteiger partial charge on any atom is -0.478 e. The number of carboxylic acids is 1. The third-order valence-electron chi connectivity index (χ3n) is 4.79. The van der Waals surface area contributed by atoms with Crippen molar-refractivity contribution in [2.45, 2.75) is 51.3 Å². The summed E-state index contributed by atoms with van der Waals surface area (Å²) in [6, 6.07) is 4.22. The van der Waals surface area contributed by atoms with E-state index in [4.69, 9.17) is 21.0 Å². The molecule has 1 aromatic carbocycles. The molecule has 1 atom stereocenters. The molecule has 2 rings (SSSR count). The number of hydrogen-bond acceptors (Lipinski definition) is 3. The predicted octanol–water partition coefficient (Wildman–Crippen LogP) is 4.90. The second-order valence-corrected chi connectivity index (χ2v) is 7.80. The van der Waals surface area contributed by atoms with Gasteiger partial charge < -0.3 is 15.6 Å². The molecule has 0 fully saturated rings. The highest BCUT2D eigenvalue weighted by molar-refractivity contribution is 6.04. The summed E-state index contributed by atoms with van der Waals surface area (Å²) >= 11 is 0. The Balaban J connectivity index is 1.80. The number of carboxylic acid groups (broad SMARTS) is 1. The fourth-order valence-electron chi connectivity index (χ4n) is 2.90. The maximum absolute atomic E-state index is 12.6. The van der Waals surface area contributed by atoms with Crippen LogP contribution < -0.4 is 5.73 Å². The maximum atomic E-state index is 12.6. The molecule has 0 saturated heterocycles. The van der Waals surface area contributed by atoms with Gasteiger partial charge in [-0.15, -0.1) is 0 Å². The van der Waals surface area contributed by atoms with E-state index in [1.807, 2.05) is 12.2 Å². The average molecular weight is 437 g/mol. The van der Waals surface area contributed by atoms with Crippen molar-refractivity contribution in [3.8, 4) is 0 Å². The molecular formula is C22H26F3N3O3. The topological polar surface area (TPSA) is 109 Å². The first-order chi connectivity index (χ1) is 14.4. The minimum absolute atomic E-state index is 0.186. The number of halogens is 3. The first-order valence-corrected chi connectivity index (χ1v) is 9.78. The maximum Gasteiger partial charge on any atom is 0.416 e. The number of benzene rings is 1. The number of nitrogens with one attached hydrogen (secondary N) is 1. The van der Waals surface area contributed by atoms with Gasteiger partial charge in [0.1, 0.15) is 11.6 Å². The molecule has 0 spiro atoms. The van der Waals surface area contributed by atoms with Crippen LogP contribution in [0.1, 0.15) is 50.7 Å². The van der Waals surface area contributed by atoms with Crippen LogP contribution in [0.3, 0.4) is 0 Å². The van der Waals surface area contributed by atoms with E-state index in [0.717, 1.165) is 25.0 Å². The Morgan fingerprint density at radius 3 is 2.45 bits per heavy atom. The van der Waals surface area contributed by atoms with Crippen molar-refractivity contribution in [1.29, 1.82) is 5.41 Å². The quantitative estimate of drug-likeness (QED) is 0.397. The van der Waals surface area contributed by atoms with Gasteiger partial charge in [0.05, 0.1) is 5.56 Å². The zero-order chi connectivity index (χ0) is 23.2. The SMILES string of the molecule is CC(C)(OC1=CCC(CCCC(N)=NC(=N)c2ccc(C(F)(F)F)cc2)C=C1)C(=O)O. The zero-order valence-electron chi connectivity index (χ0n) is 17.4. The van der Waals surface area contributed by atoms with Gasteiger partial charge in [-0.25, -0.2) is 9.79 Å². The zero-order valence-corrected chi connectivity index (χ0v) is 17.4. The molecule has 1 aromatic rings. The molecule has 1 unspecified atom stereocenters. The lowest BCUT2D eigenvalue weighted by atomic mass is 9.94. The van der Waals surface area contributed by atoms with Gasteiger partial charge >= 0.3 is 12.1 Å². The number of carbonyl (C=O) groups is 1. The molecule has 1 aliphatic rings. The molecule has 168 valence electrons. The van der Waals surface area contributed by atoms with Crippen molar-refractivity contribution in [3.63, 3.8) is 0 Å². The number of aliphatic imine (C=N–C) groups is 1. The first kappa shape index (κ1) is 24.2. The highest BCUT2D eigenvalue weighted by Crippen LogP contribution is 2.29. The number of nitrogens with two attached hydrogens (primary N) is 1. The molecule has 6 nitrogen and oxygen atoms in total. The average Bonchev–Trinajstić information content (AvgIpc) is 2.68. The molecule has 0 bridgehead atoms. The van der Waals surface area contributed by atoms with E-state index in [0.29, 0.717) is 18.6 Å². The summed E-state index contributed by atoms with van der Waals surface area (Å²) in [4.78, 5) is 15.1. The molecule has 0 amide bonds. The van der Waals surface area contributed by atoms with Crippen LogP contribution in [0.15, 0.2) is 53.2 Å². The van der Waals surface area contributed by atoms with Gasteiger partial charge in [0.2, 0.25) is 0 Å². The van der Waals surface area contributed by atoms with Gasteiger partial charge in [0, 0.05) is 12.0 Å². The third-order valence-corrected chi connectivity index (χ3v) is 4.79. The fourth-order valence-corrected chi connectivity index (χ4v) is 2.90. The van der Waals surface area contributed by atoms with Crippen molar-refractivity contribution in [1.82, 2.24) is 0 Å². The Hall–Kier alpha value is -3.10. The lowest BCUT2D eigenvalue weighted by Gasteiger charge is -2.24. The number of nitrogens with zero attached hydrogens (tertiary/aromatic N) is 1. The van der Waals surface area contributed by atoms with E-state index in [1.54, 1.807) is 6.08 Å². The van der Waals surface area contributed by atoms with Crippen LogP contribution in [0, 0.1) is 11.3 Å². The van der Waals surface area contributed by atoms with Crippen LogP contribution in [0.5, 0.6) is 0 Å². The summed E-state index contributed by atoms with van der Waals surface area (Å²) < 4.78 is 43.3. The molecular weight excluding hydrogens is 411 g/mol. The summed E-state index contributed by atoms with van der Waals surface area (Å²) in [6.45, 7) is 2.97. The highest BCUT2D eigenvalue weighted by Gasteiger charge is 2.31. The number of alkyl halides is 3. The Kier molecular flexibility index (Phi) is 7.65. The predicted molar refractivity (Wildman–Crippen MR) is 112 cm³/mol. The minimum atomic E-state index is -4.43. The number of allylic oxidation sites excluding steroid dienone is 3. The third kappa shape index (κ3) is 7.27. The Morgan fingerprint density at radius 1 is 1.29 bits per heavy atom. The second kappa shape index (κ2) is 9.80. The summed E-state index contributed by atoms with van der Waals surface area (Å²) in [5.41, 5.74) is 4.05. The summed E-state index contributed by atoms with van der Waals surface area (Å²) in [7, 11) is 0. The van der Waals surface area contributed by atoms with Crippen molar-refractivity contribution in [3.05, 3.63) is 59.4 Å². The largest absolute Gasteiger partial charge is 0.478 e. The van der Waals surface area contributed by atoms with Crippen molar-refractivity contribution in [2.75, 3.05) is 0 Å². The fraction of sp³-hybridized carbons (Fsp3) is 0.409. The summed E-state index contributed by atoms with van der Waals surface area (Å²) in [6.07, 6.45) is 3.84. The Labute approximate surface area is 178 Å². The van der Waals surface area contributed by atoms with Gasteiger partial charge in [0.25, 0.3) is 0 Å². The van der Waals surface area contributed by atoms with Crippen LogP contribution in [0.2, 0.25) is 0 Å². The van der Waals surface area contributed by atoms with Crippen molar-refractivity contribution < 1.29 is 27.8 Å². The number of aliphatic carboxylic acids is 1. The number of hydrogen-bond donors (Lipinski definition) is 3. The van der Waals surface area contributed by atoms with E-state index >= 15 is 0 Å². The smallest absolute Gasteiger partial charge is 0.416 e. The van der Waals surface area contributed by atoms with Gasteiger partial charge in [-0.05, 0) is 63.3 Å². The van der Waals surface area contributed by atoms with E-state index in [1.165, 1.54) is 26.0 Å². The molecule has 0 radical (unpaired) electrons. The van der Waals surface area contributed by atoms with E-state index < -0.39 is 23.3 Å². The van der Waals surface area contributed by atoms with Crippen molar-refractivity contribution >= 4 is 17.6 Å². The molecule has 0 aliphatic heterocycles. The Bertz CT molecular complexity index is 901. The van der Waals surface area contributed by atoms with Gasteiger partial charge in [-0.2, -0.15) is 13.2 Å². The Morgan fingerprint density at radius 2 is 1.94 bits per heavy atom. The molecule has 4 N–H and O–H groups in total.